The zero-order valence-electron chi connectivity index (χ0n) is 9.95. The quantitative estimate of drug-likeness (QED) is 0.885. The molecule has 0 aromatic heterocycles. The van der Waals surface area contributed by atoms with Crippen LogP contribution in [0.5, 0.6) is 0 Å². The van der Waals surface area contributed by atoms with Crippen LogP contribution in [-0.4, -0.2) is 17.8 Å². The van der Waals surface area contributed by atoms with Crippen LogP contribution in [0.4, 0.5) is 13.2 Å². The maximum Gasteiger partial charge on any atom is 0.416 e. The van der Waals surface area contributed by atoms with Gasteiger partial charge < -0.3 is 9.84 Å². The average molecular weight is 260 g/mol. The van der Waals surface area contributed by atoms with E-state index in [1.54, 1.807) is 0 Å². The van der Waals surface area contributed by atoms with Crippen molar-refractivity contribution in [1.82, 2.24) is 0 Å². The number of ether oxygens (including phenoxy) is 1. The lowest BCUT2D eigenvalue weighted by atomic mass is 9.98. The fourth-order valence-corrected chi connectivity index (χ4v) is 2.21. The van der Waals surface area contributed by atoms with Crippen molar-refractivity contribution in [3.8, 4) is 0 Å². The second-order valence-corrected chi connectivity index (χ2v) is 4.68. The van der Waals surface area contributed by atoms with E-state index >= 15 is 0 Å². The molecule has 3 unspecified atom stereocenters. The SMILES string of the molecule is CC1CC(c2ccc(C(F)(F)F)cc2)OC1CO. The van der Waals surface area contributed by atoms with Crippen LogP contribution >= 0.6 is 0 Å². The molecule has 1 aromatic rings. The number of rotatable bonds is 2. The molecule has 100 valence electrons. The summed E-state index contributed by atoms with van der Waals surface area (Å²) in [5.41, 5.74) is 0.0711. The van der Waals surface area contributed by atoms with Crippen molar-refractivity contribution in [3.05, 3.63) is 35.4 Å². The summed E-state index contributed by atoms with van der Waals surface area (Å²) in [6.45, 7) is 1.91. The number of hydrogen-bond donors (Lipinski definition) is 1. The van der Waals surface area contributed by atoms with Gasteiger partial charge in [0.25, 0.3) is 0 Å². The first-order valence-corrected chi connectivity index (χ1v) is 5.85. The molecular formula is C13H15F3O2. The number of aliphatic hydroxyl groups excluding tert-OH is 1. The predicted molar refractivity (Wildman–Crippen MR) is 59.9 cm³/mol. The number of halogens is 3. The molecule has 0 aliphatic carbocycles. The van der Waals surface area contributed by atoms with Crippen LogP contribution in [0.1, 0.15) is 30.6 Å². The van der Waals surface area contributed by atoms with Crippen molar-refractivity contribution >= 4 is 0 Å². The van der Waals surface area contributed by atoms with Gasteiger partial charge in [0.2, 0.25) is 0 Å². The minimum Gasteiger partial charge on any atom is -0.394 e. The molecule has 0 amide bonds. The van der Waals surface area contributed by atoms with Crippen molar-refractivity contribution in [2.75, 3.05) is 6.61 Å². The normalized spacial score (nSPS) is 28.6. The zero-order valence-corrected chi connectivity index (χ0v) is 9.95. The van der Waals surface area contributed by atoms with E-state index in [0.717, 1.165) is 24.1 Å². The third-order valence-electron chi connectivity index (χ3n) is 3.35. The molecule has 1 N–H and O–H groups in total. The molecule has 1 aliphatic heterocycles. The van der Waals surface area contributed by atoms with E-state index in [2.05, 4.69) is 0 Å². The number of hydrogen-bond acceptors (Lipinski definition) is 2. The summed E-state index contributed by atoms with van der Waals surface area (Å²) in [6, 6.07) is 5.02. The van der Waals surface area contributed by atoms with Crippen LogP contribution in [0.3, 0.4) is 0 Å². The molecule has 1 heterocycles. The molecule has 5 heteroatoms. The summed E-state index contributed by atoms with van der Waals surface area (Å²) < 4.78 is 42.8. The molecule has 2 rings (SSSR count). The molecule has 1 aromatic carbocycles. The molecule has 0 bridgehead atoms. The van der Waals surface area contributed by atoms with Gasteiger partial charge in [-0.2, -0.15) is 13.2 Å². The highest BCUT2D eigenvalue weighted by molar-refractivity contribution is 5.26. The highest BCUT2D eigenvalue weighted by atomic mass is 19.4. The van der Waals surface area contributed by atoms with Gasteiger partial charge in [-0.1, -0.05) is 19.1 Å². The van der Waals surface area contributed by atoms with E-state index < -0.39 is 11.7 Å². The Kier molecular flexibility index (Phi) is 3.64. The summed E-state index contributed by atoms with van der Waals surface area (Å²) in [7, 11) is 0. The van der Waals surface area contributed by atoms with Gasteiger partial charge in [-0.3, -0.25) is 0 Å². The Bertz CT molecular complexity index is 400. The van der Waals surface area contributed by atoms with Crippen LogP contribution in [-0.2, 0) is 10.9 Å². The Balaban J connectivity index is 2.12. The molecule has 0 spiro atoms. The van der Waals surface area contributed by atoms with E-state index in [9.17, 15) is 13.2 Å². The third-order valence-corrected chi connectivity index (χ3v) is 3.35. The molecule has 3 atom stereocenters. The van der Waals surface area contributed by atoms with Crippen molar-refractivity contribution in [2.45, 2.75) is 31.7 Å². The maximum absolute atomic E-state index is 12.4. The van der Waals surface area contributed by atoms with Crippen LogP contribution in [0, 0.1) is 5.92 Å². The summed E-state index contributed by atoms with van der Waals surface area (Å²) >= 11 is 0. The van der Waals surface area contributed by atoms with Crippen molar-refractivity contribution < 1.29 is 23.0 Å². The largest absolute Gasteiger partial charge is 0.416 e. The fourth-order valence-electron chi connectivity index (χ4n) is 2.21. The van der Waals surface area contributed by atoms with E-state index in [1.165, 1.54) is 12.1 Å². The van der Waals surface area contributed by atoms with Crippen LogP contribution in [0.25, 0.3) is 0 Å². The van der Waals surface area contributed by atoms with Gasteiger partial charge in [0.05, 0.1) is 24.4 Å². The number of alkyl halides is 3. The van der Waals surface area contributed by atoms with Crippen molar-refractivity contribution in [3.63, 3.8) is 0 Å². The Hall–Kier alpha value is -1.07. The van der Waals surface area contributed by atoms with Crippen LogP contribution in [0.2, 0.25) is 0 Å². The van der Waals surface area contributed by atoms with Gasteiger partial charge in [-0.15, -0.1) is 0 Å². The summed E-state index contributed by atoms with van der Waals surface area (Å²) in [4.78, 5) is 0. The number of aliphatic hydroxyl groups is 1. The molecule has 1 aliphatic rings. The summed E-state index contributed by atoms with van der Waals surface area (Å²) in [6.07, 6.45) is -4.04. The fraction of sp³-hybridized carbons (Fsp3) is 0.538. The Morgan fingerprint density at radius 2 is 1.89 bits per heavy atom. The Morgan fingerprint density at radius 1 is 1.28 bits per heavy atom. The first-order valence-electron chi connectivity index (χ1n) is 5.85. The minimum atomic E-state index is -4.31. The molecule has 2 nitrogen and oxygen atoms in total. The van der Waals surface area contributed by atoms with Gasteiger partial charge >= 0.3 is 6.18 Å². The molecule has 0 saturated carbocycles. The summed E-state index contributed by atoms with van der Waals surface area (Å²) in [5, 5.41) is 9.08. The van der Waals surface area contributed by atoms with E-state index in [-0.39, 0.29) is 24.7 Å². The minimum absolute atomic E-state index is 0.0572. The lowest BCUT2D eigenvalue weighted by Crippen LogP contribution is -2.17. The van der Waals surface area contributed by atoms with Crippen LogP contribution < -0.4 is 0 Å². The second-order valence-electron chi connectivity index (χ2n) is 4.68. The first kappa shape index (κ1) is 13.4. The van der Waals surface area contributed by atoms with Gasteiger partial charge in [-0.05, 0) is 30.0 Å². The smallest absolute Gasteiger partial charge is 0.394 e. The monoisotopic (exact) mass is 260 g/mol. The lowest BCUT2D eigenvalue weighted by molar-refractivity contribution is -0.137. The Morgan fingerprint density at radius 3 is 2.33 bits per heavy atom. The van der Waals surface area contributed by atoms with E-state index in [4.69, 9.17) is 9.84 Å². The second kappa shape index (κ2) is 4.90. The van der Waals surface area contributed by atoms with Crippen molar-refractivity contribution in [2.24, 2.45) is 5.92 Å². The summed E-state index contributed by atoms with van der Waals surface area (Å²) in [5.74, 6) is 0.210. The van der Waals surface area contributed by atoms with E-state index in [0.29, 0.717) is 0 Å². The molecule has 0 radical (unpaired) electrons. The topological polar surface area (TPSA) is 29.5 Å². The zero-order chi connectivity index (χ0) is 13.3. The average Bonchev–Trinajstić information content (AvgIpc) is 2.69. The van der Waals surface area contributed by atoms with Crippen LogP contribution in [0.15, 0.2) is 24.3 Å². The first-order chi connectivity index (χ1) is 8.41. The van der Waals surface area contributed by atoms with Gasteiger partial charge in [-0.25, -0.2) is 0 Å². The molecule has 1 fully saturated rings. The van der Waals surface area contributed by atoms with Gasteiger partial charge in [0, 0.05) is 0 Å². The molecule has 1 saturated heterocycles. The number of benzene rings is 1. The molecular weight excluding hydrogens is 245 g/mol. The highest BCUT2D eigenvalue weighted by Crippen LogP contribution is 2.37. The highest BCUT2D eigenvalue weighted by Gasteiger charge is 2.34. The van der Waals surface area contributed by atoms with E-state index in [1.807, 2.05) is 6.92 Å². The Labute approximate surface area is 103 Å². The molecule has 18 heavy (non-hydrogen) atoms. The van der Waals surface area contributed by atoms with Gasteiger partial charge in [0.1, 0.15) is 0 Å². The van der Waals surface area contributed by atoms with Gasteiger partial charge in [0.15, 0.2) is 0 Å². The van der Waals surface area contributed by atoms with Crippen molar-refractivity contribution in [1.29, 1.82) is 0 Å². The third kappa shape index (κ3) is 2.67. The standard InChI is InChI=1S/C13H15F3O2/c1-8-6-11(18-12(8)7-17)9-2-4-10(5-3-9)13(14,15)16/h2-5,8,11-12,17H,6-7H2,1H3. The maximum atomic E-state index is 12.4. The predicted octanol–water partition coefficient (Wildman–Crippen LogP) is 3.16. The lowest BCUT2D eigenvalue weighted by Gasteiger charge is -2.14.